The molecule has 2 aromatic rings. The SMILES string of the molecule is C[C@H](NC(=O)NCc1ccc(S(=O)(=O)N2CCCCC2)cc1)c1ccccc1. The second kappa shape index (κ2) is 9.21. The summed E-state index contributed by atoms with van der Waals surface area (Å²) in [7, 11) is -3.42. The Bertz CT molecular complexity index is 877. The van der Waals surface area contributed by atoms with Gasteiger partial charge in [-0.3, -0.25) is 0 Å². The van der Waals surface area contributed by atoms with E-state index in [1.807, 2.05) is 37.3 Å². The highest BCUT2D eigenvalue weighted by molar-refractivity contribution is 7.89. The van der Waals surface area contributed by atoms with Gasteiger partial charge in [-0.2, -0.15) is 4.31 Å². The molecule has 0 aliphatic carbocycles. The molecule has 1 saturated heterocycles. The van der Waals surface area contributed by atoms with E-state index in [1.54, 1.807) is 28.6 Å². The first-order valence-corrected chi connectivity index (χ1v) is 11.1. The molecule has 6 nitrogen and oxygen atoms in total. The van der Waals surface area contributed by atoms with Gasteiger partial charge in [-0.1, -0.05) is 48.9 Å². The first-order valence-electron chi connectivity index (χ1n) is 9.65. The minimum absolute atomic E-state index is 0.0988. The smallest absolute Gasteiger partial charge is 0.315 e. The van der Waals surface area contributed by atoms with Gasteiger partial charge >= 0.3 is 6.03 Å². The first-order chi connectivity index (χ1) is 13.5. The molecule has 0 aromatic heterocycles. The monoisotopic (exact) mass is 401 g/mol. The third kappa shape index (κ3) is 5.11. The van der Waals surface area contributed by atoms with Crippen molar-refractivity contribution in [2.24, 2.45) is 0 Å². The molecule has 0 saturated carbocycles. The lowest BCUT2D eigenvalue weighted by Gasteiger charge is -2.25. The average molecular weight is 402 g/mol. The maximum atomic E-state index is 12.7. The number of benzene rings is 2. The number of amides is 2. The van der Waals surface area contributed by atoms with E-state index in [9.17, 15) is 13.2 Å². The molecule has 1 aliphatic heterocycles. The molecule has 0 bridgehead atoms. The third-order valence-corrected chi connectivity index (χ3v) is 6.89. The van der Waals surface area contributed by atoms with Gasteiger partial charge in [-0.25, -0.2) is 13.2 Å². The van der Waals surface area contributed by atoms with Crippen molar-refractivity contribution in [3.05, 3.63) is 65.7 Å². The van der Waals surface area contributed by atoms with Crippen LogP contribution in [0.5, 0.6) is 0 Å². The lowest BCUT2D eigenvalue weighted by atomic mass is 10.1. The average Bonchev–Trinajstić information content (AvgIpc) is 2.74. The summed E-state index contributed by atoms with van der Waals surface area (Å²) in [4.78, 5) is 12.4. The van der Waals surface area contributed by atoms with Gasteiger partial charge in [0.1, 0.15) is 0 Å². The number of rotatable bonds is 6. The van der Waals surface area contributed by atoms with E-state index in [0.717, 1.165) is 30.4 Å². The summed E-state index contributed by atoms with van der Waals surface area (Å²) in [5, 5.41) is 5.70. The second-order valence-corrected chi connectivity index (χ2v) is 9.01. The predicted octanol–water partition coefficient (Wildman–Crippen LogP) is 3.42. The van der Waals surface area contributed by atoms with Crippen LogP contribution in [0.25, 0.3) is 0 Å². The minimum Gasteiger partial charge on any atom is -0.334 e. The molecule has 1 aliphatic rings. The van der Waals surface area contributed by atoms with E-state index >= 15 is 0 Å². The number of carbonyl (C=O) groups excluding carboxylic acids is 1. The number of urea groups is 1. The molecule has 1 atom stereocenters. The highest BCUT2D eigenvalue weighted by Crippen LogP contribution is 2.20. The number of piperidine rings is 1. The van der Waals surface area contributed by atoms with E-state index in [4.69, 9.17) is 0 Å². The summed E-state index contributed by atoms with van der Waals surface area (Å²) in [6.45, 7) is 3.43. The van der Waals surface area contributed by atoms with Gasteiger partial charge in [0.2, 0.25) is 10.0 Å². The first kappa shape index (κ1) is 20.4. The molecule has 1 heterocycles. The fourth-order valence-electron chi connectivity index (χ4n) is 3.29. The standard InChI is InChI=1S/C21H27N3O3S/c1-17(19-8-4-2-5-9-19)23-21(25)22-16-18-10-12-20(13-11-18)28(26,27)24-14-6-3-7-15-24/h2,4-5,8-13,17H,3,6-7,14-16H2,1H3,(H2,22,23,25)/t17-/m0/s1. The Labute approximate surface area is 167 Å². The lowest BCUT2D eigenvalue weighted by molar-refractivity contribution is 0.237. The van der Waals surface area contributed by atoms with E-state index in [1.165, 1.54) is 0 Å². The van der Waals surface area contributed by atoms with Crippen LogP contribution in [0.2, 0.25) is 0 Å². The van der Waals surface area contributed by atoms with E-state index < -0.39 is 10.0 Å². The summed E-state index contributed by atoms with van der Waals surface area (Å²) in [6, 6.07) is 16.1. The third-order valence-electron chi connectivity index (χ3n) is 4.98. The van der Waals surface area contributed by atoms with Gasteiger partial charge in [0.05, 0.1) is 10.9 Å². The molecule has 0 spiro atoms. The van der Waals surface area contributed by atoms with Gasteiger partial charge in [-0.15, -0.1) is 0 Å². The van der Waals surface area contributed by atoms with Crippen molar-refractivity contribution in [2.75, 3.05) is 13.1 Å². The Morgan fingerprint density at radius 2 is 1.64 bits per heavy atom. The van der Waals surface area contributed by atoms with E-state index in [2.05, 4.69) is 10.6 Å². The normalized spacial score (nSPS) is 16.3. The van der Waals surface area contributed by atoms with Gasteiger partial charge in [0.25, 0.3) is 0 Å². The fraction of sp³-hybridized carbons (Fsp3) is 0.381. The van der Waals surface area contributed by atoms with Crippen molar-refractivity contribution in [3.8, 4) is 0 Å². The molecule has 0 radical (unpaired) electrons. The van der Waals surface area contributed by atoms with Crippen molar-refractivity contribution >= 4 is 16.1 Å². The van der Waals surface area contributed by atoms with Crippen molar-refractivity contribution in [1.82, 2.24) is 14.9 Å². The van der Waals surface area contributed by atoms with Crippen molar-refractivity contribution in [2.45, 2.75) is 43.7 Å². The zero-order chi connectivity index (χ0) is 20.0. The minimum atomic E-state index is -3.42. The van der Waals surface area contributed by atoms with Gasteiger partial charge in [0.15, 0.2) is 0 Å². The lowest BCUT2D eigenvalue weighted by Crippen LogP contribution is -2.36. The maximum absolute atomic E-state index is 12.7. The number of hydrogen-bond acceptors (Lipinski definition) is 3. The largest absolute Gasteiger partial charge is 0.334 e. The predicted molar refractivity (Wildman–Crippen MR) is 109 cm³/mol. The Balaban J connectivity index is 1.53. The van der Waals surface area contributed by atoms with Crippen LogP contribution in [0.4, 0.5) is 4.79 Å². The number of sulfonamides is 1. The molecule has 150 valence electrons. The Morgan fingerprint density at radius 1 is 1.00 bits per heavy atom. The number of hydrogen-bond donors (Lipinski definition) is 2. The van der Waals surface area contributed by atoms with Gasteiger partial charge in [0, 0.05) is 19.6 Å². The highest BCUT2D eigenvalue weighted by atomic mass is 32.2. The topological polar surface area (TPSA) is 78.5 Å². The van der Waals surface area contributed by atoms with Crippen LogP contribution in [0.15, 0.2) is 59.5 Å². The maximum Gasteiger partial charge on any atom is 0.315 e. The van der Waals surface area contributed by atoms with Gasteiger partial charge < -0.3 is 10.6 Å². The summed E-state index contributed by atoms with van der Waals surface area (Å²) in [6.07, 6.45) is 2.91. The van der Waals surface area contributed by atoms with Crippen LogP contribution in [-0.4, -0.2) is 31.8 Å². The van der Waals surface area contributed by atoms with Crippen molar-refractivity contribution in [3.63, 3.8) is 0 Å². The molecule has 2 amide bonds. The zero-order valence-electron chi connectivity index (χ0n) is 16.1. The molecule has 2 N–H and O–H groups in total. The van der Waals surface area contributed by atoms with Gasteiger partial charge in [-0.05, 0) is 43.0 Å². The van der Waals surface area contributed by atoms with Crippen LogP contribution in [0.1, 0.15) is 43.4 Å². The van der Waals surface area contributed by atoms with Crippen LogP contribution < -0.4 is 10.6 Å². The molecule has 7 heteroatoms. The van der Waals surface area contributed by atoms with E-state index in [-0.39, 0.29) is 12.1 Å². The quantitative estimate of drug-likeness (QED) is 0.778. The molecular formula is C21H27N3O3S. The summed E-state index contributed by atoms with van der Waals surface area (Å²) in [5.41, 5.74) is 1.88. The summed E-state index contributed by atoms with van der Waals surface area (Å²) >= 11 is 0. The van der Waals surface area contributed by atoms with Crippen LogP contribution in [0.3, 0.4) is 0 Å². The zero-order valence-corrected chi connectivity index (χ0v) is 16.9. The number of nitrogens with zero attached hydrogens (tertiary/aromatic N) is 1. The van der Waals surface area contributed by atoms with Crippen molar-refractivity contribution in [1.29, 1.82) is 0 Å². The Morgan fingerprint density at radius 3 is 2.29 bits per heavy atom. The second-order valence-electron chi connectivity index (χ2n) is 7.07. The van der Waals surface area contributed by atoms with Crippen LogP contribution in [0, 0.1) is 0 Å². The Kier molecular flexibility index (Phi) is 6.70. The van der Waals surface area contributed by atoms with Crippen LogP contribution in [-0.2, 0) is 16.6 Å². The number of nitrogens with one attached hydrogen (secondary N) is 2. The Hall–Kier alpha value is -2.38. The van der Waals surface area contributed by atoms with Crippen LogP contribution >= 0.6 is 0 Å². The summed E-state index contributed by atoms with van der Waals surface area (Å²) in [5.74, 6) is 0. The highest BCUT2D eigenvalue weighted by Gasteiger charge is 2.25. The molecule has 3 rings (SSSR count). The van der Waals surface area contributed by atoms with E-state index in [0.29, 0.717) is 24.5 Å². The molecule has 2 aromatic carbocycles. The molecule has 1 fully saturated rings. The van der Waals surface area contributed by atoms with Crippen molar-refractivity contribution < 1.29 is 13.2 Å². The molecule has 0 unspecified atom stereocenters. The molecular weight excluding hydrogens is 374 g/mol. The molecule has 28 heavy (non-hydrogen) atoms. The number of carbonyl (C=O) groups is 1. The summed E-state index contributed by atoms with van der Waals surface area (Å²) < 4.78 is 26.9. The fourth-order valence-corrected chi connectivity index (χ4v) is 4.81.